The maximum Gasteiger partial charge on any atom is 0.253 e. The second-order valence-corrected chi connectivity index (χ2v) is 4.86. The predicted octanol–water partition coefficient (Wildman–Crippen LogP) is 1.45. The Labute approximate surface area is 107 Å². The molecule has 0 saturated carbocycles. The molecule has 96 valence electrons. The van der Waals surface area contributed by atoms with Crippen molar-refractivity contribution in [2.24, 2.45) is 0 Å². The Kier molecular flexibility index (Phi) is 3.30. The average molecular weight is 246 g/mol. The molecule has 0 aromatic heterocycles. The van der Waals surface area contributed by atoms with E-state index in [9.17, 15) is 4.79 Å². The lowest BCUT2D eigenvalue weighted by molar-refractivity contribution is -0.124. The quantitative estimate of drug-likeness (QED) is 0.830. The summed E-state index contributed by atoms with van der Waals surface area (Å²) < 4.78 is 5.41. The smallest absolute Gasteiger partial charge is 0.253 e. The average Bonchev–Trinajstić information content (AvgIpc) is 2.93. The van der Waals surface area contributed by atoms with Crippen LogP contribution < -0.4 is 10.6 Å². The van der Waals surface area contributed by atoms with Crippen molar-refractivity contribution in [1.29, 1.82) is 0 Å². The Morgan fingerprint density at radius 3 is 3.22 bits per heavy atom. The van der Waals surface area contributed by atoms with E-state index >= 15 is 0 Å². The van der Waals surface area contributed by atoms with Gasteiger partial charge in [-0.15, -0.1) is 0 Å². The highest BCUT2D eigenvalue weighted by Gasteiger charge is 2.24. The summed E-state index contributed by atoms with van der Waals surface area (Å²) in [7, 11) is 0. The Morgan fingerprint density at radius 1 is 1.44 bits per heavy atom. The highest BCUT2D eigenvalue weighted by molar-refractivity contribution is 5.95. The van der Waals surface area contributed by atoms with E-state index in [-0.39, 0.29) is 12.0 Å². The molecule has 0 bridgehead atoms. The summed E-state index contributed by atoms with van der Waals surface area (Å²) in [4.78, 5) is 12.0. The van der Waals surface area contributed by atoms with Crippen LogP contribution in [-0.2, 0) is 22.5 Å². The van der Waals surface area contributed by atoms with E-state index in [2.05, 4.69) is 16.7 Å². The van der Waals surface area contributed by atoms with Gasteiger partial charge in [-0.05, 0) is 43.0 Å². The van der Waals surface area contributed by atoms with Gasteiger partial charge < -0.3 is 15.4 Å². The fourth-order valence-corrected chi connectivity index (χ4v) is 2.65. The van der Waals surface area contributed by atoms with E-state index in [0.717, 1.165) is 38.0 Å². The maximum absolute atomic E-state index is 12.0. The molecule has 1 atom stereocenters. The third-order valence-corrected chi connectivity index (χ3v) is 3.62. The first-order valence-electron chi connectivity index (χ1n) is 6.58. The van der Waals surface area contributed by atoms with E-state index < -0.39 is 0 Å². The van der Waals surface area contributed by atoms with Crippen LogP contribution in [0.4, 0.5) is 5.69 Å². The second kappa shape index (κ2) is 5.08. The zero-order chi connectivity index (χ0) is 12.4. The zero-order valence-corrected chi connectivity index (χ0v) is 10.4. The first-order chi connectivity index (χ1) is 8.84. The van der Waals surface area contributed by atoms with Crippen molar-refractivity contribution >= 4 is 11.6 Å². The van der Waals surface area contributed by atoms with Crippen molar-refractivity contribution in [2.75, 3.05) is 18.5 Å². The standard InChI is InChI=1S/C14H18N2O2/c17-14(13-5-2-8-18-13)16-12-4-1-3-10-9-15-7-6-11(10)12/h1,3-4,13,15H,2,5-9H2,(H,16,17)/t13-/m0/s1. The number of hydrogen-bond acceptors (Lipinski definition) is 3. The van der Waals surface area contributed by atoms with Crippen LogP contribution in [0.1, 0.15) is 24.0 Å². The van der Waals surface area contributed by atoms with Gasteiger partial charge in [0, 0.05) is 18.8 Å². The molecule has 2 aliphatic rings. The largest absolute Gasteiger partial charge is 0.368 e. The molecule has 3 rings (SSSR count). The van der Waals surface area contributed by atoms with E-state index in [0.29, 0.717) is 6.61 Å². The van der Waals surface area contributed by atoms with Crippen molar-refractivity contribution in [3.63, 3.8) is 0 Å². The van der Waals surface area contributed by atoms with Gasteiger partial charge in [0.05, 0.1) is 0 Å². The van der Waals surface area contributed by atoms with E-state index in [1.807, 2.05) is 12.1 Å². The highest BCUT2D eigenvalue weighted by atomic mass is 16.5. The van der Waals surface area contributed by atoms with Crippen LogP contribution in [0.5, 0.6) is 0 Å². The lowest BCUT2D eigenvalue weighted by Crippen LogP contribution is -2.29. The molecular weight excluding hydrogens is 228 g/mol. The molecule has 1 saturated heterocycles. The zero-order valence-electron chi connectivity index (χ0n) is 10.4. The fourth-order valence-electron chi connectivity index (χ4n) is 2.65. The van der Waals surface area contributed by atoms with Gasteiger partial charge in [-0.25, -0.2) is 0 Å². The van der Waals surface area contributed by atoms with Gasteiger partial charge in [-0.1, -0.05) is 12.1 Å². The first-order valence-corrected chi connectivity index (χ1v) is 6.58. The summed E-state index contributed by atoms with van der Waals surface area (Å²) in [5.74, 6) is -0.000525. The number of carbonyl (C=O) groups excluding carboxylic acids is 1. The van der Waals surface area contributed by atoms with Crippen LogP contribution in [0.2, 0.25) is 0 Å². The Bertz CT molecular complexity index is 453. The Balaban J connectivity index is 1.77. The molecule has 2 N–H and O–H groups in total. The minimum Gasteiger partial charge on any atom is -0.368 e. The van der Waals surface area contributed by atoms with E-state index in [1.54, 1.807) is 0 Å². The van der Waals surface area contributed by atoms with Gasteiger partial charge in [-0.3, -0.25) is 4.79 Å². The van der Waals surface area contributed by atoms with Gasteiger partial charge in [0.1, 0.15) is 6.10 Å². The minimum absolute atomic E-state index is 0.000525. The van der Waals surface area contributed by atoms with Crippen molar-refractivity contribution in [2.45, 2.75) is 31.9 Å². The van der Waals surface area contributed by atoms with Crippen molar-refractivity contribution in [3.05, 3.63) is 29.3 Å². The number of fused-ring (bicyclic) bond motifs is 1. The van der Waals surface area contributed by atoms with Crippen LogP contribution in [0, 0.1) is 0 Å². The van der Waals surface area contributed by atoms with Gasteiger partial charge in [-0.2, -0.15) is 0 Å². The summed E-state index contributed by atoms with van der Waals surface area (Å²) in [5.41, 5.74) is 3.50. The molecule has 1 amide bonds. The number of amides is 1. The number of anilines is 1. The monoisotopic (exact) mass is 246 g/mol. The molecule has 0 unspecified atom stereocenters. The number of ether oxygens (including phenoxy) is 1. The number of hydrogen-bond donors (Lipinski definition) is 2. The van der Waals surface area contributed by atoms with Crippen molar-refractivity contribution in [3.8, 4) is 0 Å². The second-order valence-electron chi connectivity index (χ2n) is 4.86. The summed E-state index contributed by atoms with van der Waals surface area (Å²) in [6, 6.07) is 6.09. The molecule has 0 aliphatic carbocycles. The van der Waals surface area contributed by atoms with Crippen molar-refractivity contribution in [1.82, 2.24) is 5.32 Å². The molecule has 4 nitrogen and oxygen atoms in total. The fraction of sp³-hybridized carbons (Fsp3) is 0.500. The maximum atomic E-state index is 12.0. The molecule has 1 aromatic carbocycles. The third-order valence-electron chi connectivity index (χ3n) is 3.62. The summed E-state index contributed by atoms with van der Waals surface area (Å²) in [6.45, 7) is 2.56. The van der Waals surface area contributed by atoms with Gasteiger partial charge in [0.15, 0.2) is 0 Å². The van der Waals surface area contributed by atoms with Crippen molar-refractivity contribution < 1.29 is 9.53 Å². The molecule has 2 heterocycles. The van der Waals surface area contributed by atoms with Crippen LogP contribution >= 0.6 is 0 Å². The molecule has 0 radical (unpaired) electrons. The minimum atomic E-state index is -0.262. The van der Waals surface area contributed by atoms with Crippen LogP contribution in [0.15, 0.2) is 18.2 Å². The van der Waals surface area contributed by atoms with Gasteiger partial charge in [0.25, 0.3) is 5.91 Å². The van der Waals surface area contributed by atoms with Crippen LogP contribution in [-0.4, -0.2) is 25.2 Å². The topological polar surface area (TPSA) is 50.4 Å². The van der Waals surface area contributed by atoms with Crippen LogP contribution in [0.3, 0.4) is 0 Å². The lowest BCUT2D eigenvalue weighted by atomic mass is 9.99. The highest BCUT2D eigenvalue weighted by Crippen LogP contribution is 2.24. The molecule has 4 heteroatoms. The molecule has 0 spiro atoms. The number of nitrogens with one attached hydrogen (secondary N) is 2. The lowest BCUT2D eigenvalue weighted by Gasteiger charge is -2.21. The molecule has 2 aliphatic heterocycles. The summed E-state index contributed by atoms with van der Waals surface area (Å²) in [5, 5.41) is 6.36. The number of rotatable bonds is 2. The van der Waals surface area contributed by atoms with Gasteiger partial charge >= 0.3 is 0 Å². The Hall–Kier alpha value is -1.39. The number of carbonyl (C=O) groups is 1. The van der Waals surface area contributed by atoms with Crippen LogP contribution in [0.25, 0.3) is 0 Å². The predicted molar refractivity (Wildman–Crippen MR) is 69.5 cm³/mol. The molecule has 1 aromatic rings. The molecule has 18 heavy (non-hydrogen) atoms. The summed E-state index contributed by atoms with van der Waals surface area (Å²) >= 11 is 0. The van der Waals surface area contributed by atoms with Gasteiger partial charge in [0.2, 0.25) is 0 Å². The van der Waals surface area contributed by atoms with E-state index in [4.69, 9.17) is 4.74 Å². The normalized spacial score (nSPS) is 22.6. The number of benzene rings is 1. The first kappa shape index (κ1) is 11.7. The Morgan fingerprint density at radius 2 is 2.39 bits per heavy atom. The summed E-state index contributed by atoms with van der Waals surface area (Å²) in [6.07, 6.45) is 2.52. The molecule has 1 fully saturated rings. The molecular formula is C14H18N2O2. The third kappa shape index (κ3) is 2.26. The SMILES string of the molecule is O=C(Nc1cccc2c1CCNC2)[C@@H]1CCCO1. The van der Waals surface area contributed by atoms with E-state index in [1.165, 1.54) is 11.1 Å².